The summed E-state index contributed by atoms with van der Waals surface area (Å²) in [6.07, 6.45) is 4.15. The molecule has 3 N–H and O–H groups in total. The van der Waals surface area contributed by atoms with Gasteiger partial charge in [-0.25, -0.2) is 0 Å². The largest absolute Gasteiger partial charge is 0.368 e. The summed E-state index contributed by atoms with van der Waals surface area (Å²) in [5.41, 5.74) is 5.19. The average Bonchev–Trinajstić information content (AvgIpc) is 2.79. The quantitative estimate of drug-likeness (QED) is 0.808. The molecule has 1 amide bonds. The van der Waals surface area contributed by atoms with E-state index in [1.807, 2.05) is 6.92 Å². The minimum atomic E-state index is -0.453. The van der Waals surface area contributed by atoms with Gasteiger partial charge in [-0.2, -0.15) is 0 Å². The monoisotopic (exact) mass is 267 g/mol. The highest BCUT2D eigenvalue weighted by molar-refractivity contribution is 5.85. The zero-order valence-electron chi connectivity index (χ0n) is 12.6. The van der Waals surface area contributed by atoms with Crippen LogP contribution in [0.1, 0.15) is 46.5 Å². The van der Waals surface area contributed by atoms with Crippen LogP contribution in [-0.2, 0) is 4.79 Å². The van der Waals surface area contributed by atoms with Gasteiger partial charge in [0.1, 0.15) is 0 Å². The molecule has 0 radical (unpaired) electrons. The van der Waals surface area contributed by atoms with Crippen molar-refractivity contribution in [1.82, 2.24) is 10.2 Å². The molecule has 0 aromatic rings. The second-order valence-electron chi connectivity index (χ2n) is 6.61. The van der Waals surface area contributed by atoms with E-state index >= 15 is 0 Å². The summed E-state index contributed by atoms with van der Waals surface area (Å²) in [6, 6.07) is 0.529. The Morgan fingerprint density at radius 1 is 1.37 bits per heavy atom. The maximum atomic E-state index is 11.8. The van der Waals surface area contributed by atoms with Gasteiger partial charge in [0.2, 0.25) is 5.91 Å². The van der Waals surface area contributed by atoms with E-state index in [2.05, 4.69) is 24.1 Å². The molecule has 4 unspecified atom stereocenters. The van der Waals surface area contributed by atoms with E-state index < -0.39 is 5.54 Å². The molecule has 2 fully saturated rings. The molecule has 0 aromatic heterocycles. The molecular formula is C15H29N3O. The molecular weight excluding hydrogens is 238 g/mol. The SMILES string of the molecule is CCNC1(C(N)=O)CCC(N2CCC(C)C(C)C2)C1. The lowest BCUT2D eigenvalue weighted by molar-refractivity contribution is -0.124. The smallest absolute Gasteiger partial charge is 0.237 e. The predicted molar refractivity (Wildman–Crippen MR) is 77.8 cm³/mol. The number of likely N-dealkylation sites (tertiary alicyclic amines) is 1. The van der Waals surface area contributed by atoms with Crippen LogP contribution in [0.3, 0.4) is 0 Å². The van der Waals surface area contributed by atoms with Crippen LogP contribution >= 0.6 is 0 Å². The number of nitrogens with zero attached hydrogens (tertiary/aromatic N) is 1. The molecule has 2 rings (SSSR count). The van der Waals surface area contributed by atoms with E-state index in [9.17, 15) is 4.79 Å². The number of carbonyl (C=O) groups is 1. The van der Waals surface area contributed by atoms with Gasteiger partial charge < -0.3 is 16.0 Å². The number of hydrogen-bond acceptors (Lipinski definition) is 3. The van der Waals surface area contributed by atoms with Crippen molar-refractivity contribution in [3.63, 3.8) is 0 Å². The van der Waals surface area contributed by atoms with Gasteiger partial charge in [-0.1, -0.05) is 20.8 Å². The van der Waals surface area contributed by atoms with Crippen LogP contribution in [0.4, 0.5) is 0 Å². The molecule has 1 heterocycles. The highest BCUT2D eigenvalue weighted by Crippen LogP contribution is 2.35. The van der Waals surface area contributed by atoms with Gasteiger partial charge in [-0.05, 0) is 50.6 Å². The zero-order chi connectivity index (χ0) is 14.0. The molecule has 4 heteroatoms. The number of nitrogens with one attached hydrogen (secondary N) is 1. The van der Waals surface area contributed by atoms with Crippen molar-refractivity contribution in [2.24, 2.45) is 17.6 Å². The lowest BCUT2D eigenvalue weighted by Gasteiger charge is -2.39. The summed E-state index contributed by atoms with van der Waals surface area (Å²) in [6.45, 7) is 9.90. The van der Waals surface area contributed by atoms with Crippen molar-refractivity contribution >= 4 is 5.91 Å². The molecule has 2 aliphatic rings. The molecule has 1 aliphatic heterocycles. The normalized spacial score (nSPS) is 40.5. The highest BCUT2D eigenvalue weighted by atomic mass is 16.1. The van der Waals surface area contributed by atoms with Crippen LogP contribution in [0.5, 0.6) is 0 Å². The topological polar surface area (TPSA) is 58.4 Å². The third-order valence-electron chi connectivity index (χ3n) is 5.36. The lowest BCUT2D eigenvalue weighted by atomic mass is 9.87. The van der Waals surface area contributed by atoms with Crippen molar-refractivity contribution in [3.05, 3.63) is 0 Å². The van der Waals surface area contributed by atoms with E-state index in [1.165, 1.54) is 19.5 Å². The zero-order valence-corrected chi connectivity index (χ0v) is 12.6. The second kappa shape index (κ2) is 5.80. The fraction of sp³-hybridized carbons (Fsp3) is 0.933. The molecule has 19 heavy (non-hydrogen) atoms. The van der Waals surface area contributed by atoms with E-state index in [0.717, 1.165) is 37.6 Å². The van der Waals surface area contributed by atoms with Crippen LogP contribution < -0.4 is 11.1 Å². The molecule has 110 valence electrons. The van der Waals surface area contributed by atoms with E-state index in [4.69, 9.17) is 5.73 Å². The van der Waals surface area contributed by atoms with Gasteiger partial charge in [0.05, 0.1) is 5.54 Å². The van der Waals surface area contributed by atoms with Crippen molar-refractivity contribution in [2.45, 2.75) is 58.0 Å². The Labute approximate surface area is 117 Å². The predicted octanol–water partition coefficient (Wildman–Crippen LogP) is 1.35. The maximum absolute atomic E-state index is 11.8. The minimum absolute atomic E-state index is 0.171. The first kappa shape index (κ1) is 14.8. The molecule has 1 saturated carbocycles. The van der Waals surface area contributed by atoms with Gasteiger partial charge in [-0.3, -0.25) is 4.79 Å². The van der Waals surface area contributed by atoms with Crippen molar-refractivity contribution < 1.29 is 4.79 Å². The van der Waals surface area contributed by atoms with Gasteiger partial charge >= 0.3 is 0 Å². The number of nitrogens with two attached hydrogens (primary N) is 1. The summed E-state index contributed by atoms with van der Waals surface area (Å²) in [5, 5.41) is 3.35. The summed E-state index contributed by atoms with van der Waals surface area (Å²) in [4.78, 5) is 14.4. The number of carbonyl (C=O) groups excluding carboxylic acids is 1. The van der Waals surface area contributed by atoms with Gasteiger partial charge in [-0.15, -0.1) is 0 Å². The fourth-order valence-electron chi connectivity index (χ4n) is 3.77. The van der Waals surface area contributed by atoms with Crippen molar-refractivity contribution in [3.8, 4) is 0 Å². The van der Waals surface area contributed by atoms with Gasteiger partial charge in [0, 0.05) is 12.6 Å². The number of rotatable bonds is 4. The molecule has 4 nitrogen and oxygen atoms in total. The average molecular weight is 267 g/mol. The number of hydrogen-bond donors (Lipinski definition) is 2. The highest BCUT2D eigenvalue weighted by Gasteiger charge is 2.45. The molecule has 1 saturated heterocycles. The Kier molecular flexibility index (Phi) is 4.51. The molecule has 0 bridgehead atoms. The summed E-state index contributed by atoms with van der Waals surface area (Å²) in [5.74, 6) is 1.42. The Morgan fingerprint density at radius 2 is 2.11 bits per heavy atom. The Balaban J connectivity index is 1.99. The van der Waals surface area contributed by atoms with Crippen LogP contribution in [0.25, 0.3) is 0 Å². The van der Waals surface area contributed by atoms with E-state index in [1.54, 1.807) is 0 Å². The van der Waals surface area contributed by atoms with E-state index in [-0.39, 0.29) is 5.91 Å². The Hall–Kier alpha value is -0.610. The molecule has 1 aliphatic carbocycles. The molecule has 0 aromatic carbocycles. The Morgan fingerprint density at radius 3 is 2.68 bits per heavy atom. The standard InChI is InChI=1S/C15H29N3O/c1-4-17-15(14(16)19)7-5-13(9-15)18-8-6-11(2)12(3)10-18/h11-13,17H,4-10H2,1-3H3,(H2,16,19). The van der Waals surface area contributed by atoms with E-state index in [0.29, 0.717) is 6.04 Å². The summed E-state index contributed by atoms with van der Waals surface area (Å²) in [7, 11) is 0. The lowest BCUT2D eigenvalue weighted by Crippen LogP contribution is -2.55. The minimum Gasteiger partial charge on any atom is -0.368 e. The van der Waals surface area contributed by atoms with Crippen LogP contribution in [0.15, 0.2) is 0 Å². The third kappa shape index (κ3) is 2.95. The molecule has 0 spiro atoms. The van der Waals surface area contributed by atoms with Crippen molar-refractivity contribution in [2.75, 3.05) is 19.6 Å². The number of piperidine rings is 1. The third-order valence-corrected chi connectivity index (χ3v) is 5.36. The molecule has 4 atom stereocenters. The Bertz CT molecular complexity index is 333. The fourth-order valence-corrected chi connectivity index (χ4v) is 3.77. The first-order valence-electron chi connectivity index (χ1n) is 7.77. The maximum Gasteiger partial charge on any atom is 0.237 e. The summed E-state index contributed by atoms with van der Waals surface area (Å²) < 4.78 is 0. The second-order valence-corrected chi connectivity index (χ2v) is 6.61. The van der Waals surface area contributed by atoms with Crippen LogP contribution in [0, 0.1) is 11.8 Å². The first-order chi connectivity index (χ1) is 8.98. The van der Waals surface area contributed by atoms with Gasteiger partial charge in [0.25, 0.3) is 0 Å². The first-order valence-corrected chi connectivity index (χ1v) is 7.77. The number of amides is 1. The summed E-state index contributed by atoms with van der Waals surface area (Å²) >= 11 is 0. The number of primary amides is 1. The van der Waals surface area contributed by atoms with Crippen molar-refractivity contribution in [1.29, 1.82) is 0 Å². The van der Waals surface area contributed by atoms with Crippen LogP contribution in [-0.4, -0.2) is 42.0 Å². The number of likely N-dealkylation sites (N-methyl/N-ethyl adjacent to an activating group) is 1. The van der Waals surface area contributed by atoms with Crippen LogP contribution in [0.2, 0.25) is 0 Å². The van der Waals surface area contributed by atoms with Gasteiger partial charge in [0.15, 0.2) is 0 Å².